The molecule has 0 radical (unpaired) electrons. The third-order valence-corrected chi connectivity index (χ3v) is 2.48. The molecule has 0 bridgehead atoms. The second-order valence-electron chi connectivity index (χ2n) is 4.84. The van der Waals surface area contributed by atoms with Crippen LogP contribution in [0.25, 0.3) is 0 Å². The number of hydrogen-bond acceptors (Lipinski definition) is 3. The minimum atomic E-state index is -0.540. The number of carbonyl (C=O) groups is 2. The molecule has 3 N–H and O–H groups in total. The number of nitrogens with one attached hydrogen (secondary N) is 1. The van der Waals surface area contributed by atoms with E-state index in [1.54, 1.807) is 0 Å². The number of rotatable bonds is 6. The number of nitrogens with two attached hydrogens (primary N) is 1. The van der Waals surface area contributed by atoms with Gasteiger partial charge in [0.05, 0.1) is 12.6 Å². The zero-order chi connectivity index (χ0) is 13.6. The van der Waals surface area contributed by atoms with Crippen molar-refractivity contribution in [3.05, 3.63) is 0 Å². The largest absolute Gasteiger partial charge is 0.352 e. The zero-order valence-electron chi connectivity index (χ0n) is 11.5. The summed E-state index contributed by atoms with van der Waals surface area (Å²) in [5.41, 5.74) is 5.79. The summed E-state index contributed by atoms with van der Waals surface area (Å²) in [6.45, 7) is 9.97. The van der Waals surface area contributed by atoms with Gasteiger partial charge in [-0.25, -0.2) is 0 Å². The third-order valence-electron chi connectivity index (χ3n) is 2.48. The van der Waals surface area contributed by atoms with E-state index >= 15 is 0 Å². The third kappa shape index (κ3) is 5.68. The smallest absolute Gasteiger partial charge is 0.240 e. The van der Waals surface area contributed by atoms with Crippen LogP contribution < -0.4 is 11.1 Å². The molecule has 0 aliphatic heterocycles. The van der Waals surface area contributed by atoms with Crippen LogP contribution in [-0.2, 0) is 9.59 Å². The first-order valence-electron chi connectivity index (χ1n) is 6.13. The second-order valence-corrected chi connectivity index (χ2v) is 4.84. The zero-order valence-corrected chi connectivity index (χ0v) is 11.5. The number of amides is 2. The SMILES string of the molecule is CCN(CC(=O)NC(C)C)C(=O)[C@@H](N)C(C)C. The van der Waals surface area contributed by atoms with Crippen LogP contribution in [0.1, 0.15) is 34.6 Å². The predicted octanol–water partition coefficient (Wildman–Crippen LogP) is 0.343. The molecule has 2 amide bonds. The van der Waals surface area contributed by atoms with E-state index in [0.717, 1.165) is 0 Å². The lowest BCUT2D eigenvalue weighted by Crippen LogP contribution is -2.50. The van der Waals surface area contributed by atoms with Crippen LogP contribution in [0.3, 0.4) is 0 Å². The molecule has 0 unspecified atom stereocenters. The van der Waals surface area contributed by atoms with Crippen molar-refractivity contribution in [2.75, 3.05) is 13.1 Å². The molecule has 0 aromatic heterocycles. The molecule has 100 valence electrons. The summed E-state index contributed by atoms with van der Waals surface area (Å²) in [5.74, 6) is -0.239. The molecule has 0 heterocycles. The van der Waals surface area contributed by atoms with Crippen LogP contribution >= 0.6 is 0 Å². The van der Waals surface area contributed by atoms with Gasteiger partial charge in [0.1, 0.15) is 0 Å². The molecule has 0 spiro atoms. The molecule has 1 atom stereocenters. The molecule has 0 aromatic rings. The summed E-state index contributed by atoms with van der Waals surface area (Å²) in [6.07, 6.45) is 0. The molecule has 0 rings (SSSR count). The van der Waals surface area contributed by atoms with Gasteiger partial charge in [0.25, 0.3) is 0 Å². The van der Waals surface area contributed by atoms with Crippen LogP contribution in [0.4, 0.5) is 0 Å². The molecule has 0 fully saturated rings. The standard InChI is InChI=1S/C12H25N3O2/c1-6-15(7-10(16)14-9(4)5)12(17)11(13)8(2)3/h8-9,11H,6-7,13H2,1-5H3,(H,14,16)/t11-/m0/s1. The van der Waals surface area contributed by atoms with Gasteiger partial charge in [-0.05, 0) is 26.7 Å². The Labute approximate surface area is 104 Å². The number of likely N-dealkylation sites (N-methyl/N-ethyl adjacent to an activating group) is 1. The summed E-state index contributed by atoms with van der Waals surface area (Å²) in [5, 5.41) is 2.76. The highest BCUT2D eigenvalue weighted by Crippen LogP contribution is 2.03. The van der Waals surface area contributed by atoms with Gasteiger partial charge in [0, 0.05) is 12.6 Å². The number of nitrogens with zero attached hydrogens (tertiary/aromatic N) is 1. The maximum Gasteiger partial charge on any atom is 0.240 e. The van der Waals surface area contributed by atoms with Gasteiger partial charge in [0.2, 0.25) is 11.8 Å². The van der Waals surface area contributed by atoms with Crippen molar-refractivity contribution in [3.8, 4) is 0 Å². The second kappa shape index (κ2) is 7.27. The fourth-order valence-corrected chi connectivity index (χ4v) is 1.38. The van der Waals surface area contributed by atoms with Crippen molar-refractivity contribution in [2.24, 2.45) is 11.7 Å². The van der Waals surface area contributed by atoms with Crippen molar-refractivity contribution >= 4 is 11.8 Å². The molecule has 0 saturated carbocycles. The van der Waals surface area contributed by atoms with Crippen molar-refractivity contribution in [1.82, 2.24) is 10.2 Å². The van der Waals surface area contributed by atoms with Gasteiger partial charge < -0.3 is 16.0 Å². The fraction of sp³-hybridized carbons (Fsp3) is 0.833. The predicted molar refractivity (Wildman–Crippen MR) is 68.3 cm³/mol. The average Bonchev–Trinajstić information content (AvgIpc) is 2.22. The molecule has 0 aliphatic carbocycles. The Balaban J connectivity index is 4.42. The maximum atomic E-state index is 12.0. The Bertz CT molecular complexity index is 264. The van der Waals surface area contributed by atoms with Crippen molar-refractivity contribution < 1.29 is 9.59 Å². The quantitative estimate of drug-likeness (QED) is 0.706. The number of hydrogen-bond donors (Lipinski definition) is 2. The average molecular weight is 243 g/mol. The minimum absolute atomic E-state index is 0.0738. The van der Waals surface area contributed by atoms with Crippen molar-refractivity contribution in [1.29, 1.82) is 0 Å². The van der Waals surface area contributed by atoms with E-state index < -0.39 is 6.04 Å². The van der Waals surface area contributed by atoms with Crippen molar-refractivity contribution in [3.63, 3.8) is 0 Å². The lowest BCUT2D eigenvalue weighted by molar-refractivity contribution is -0.137. The molecule has 5 nitrogen and oxygen atoms in total. The van der Waals surface area contributed by atoms with E-state index in [1.807, 2.05) is 34.6 Å². The lowest BCUT2D eigenvalue weighted by atomic mass is 10.0. The van der Waals surface area contributed by atoms with Gasteiger partial charge >= 0.3 is 0 Å². The molecular weight excluding hydrogens is 218 g/mol. The van der Waals surface area contributed by atoms with Gasteiger partial charge in [-0.15, -0.1) is 0 Å². The highest BCUT2D eigenvalue weighted by Gasteiger charge is 2.24. The number of carbonyl (C=O) groups excluding carboxylic acids is 2. The van der Waals surface area contributed by atoms with E-state index in [0.29, 0.717) is 6.54 Å². The highest BCUT2D eigenvalue weighted by atomic mass is 16.2. The maximum absolute atomic E-state index is 12.0. The molecule has 0 saturated heterocycles. The van der Waals surface area contributed by atoms with Gasteiger partial charge in [-0.1, -0.05) is 13.8 Å². The van der Waals surface area contributed by atoms with Crippen LogP contribution in [0.15, 0.2) is 0 Å². The first-order chi connectivity index (χ1) is 7.79. The fourth-order valence-electron chi connectivity index (χ4n) is 1.38. The van der Waals surface area contributed by atoms with E-state index in [9.17, 15) is 9.59 Å². The summed E-state index contributed by atoms with van der Waals surface area (Å²) in [7, 11) is 0. The molecule has 5 heteroatoms. The molecule has 0 aromatic carbocycles. The Morgan fingerprint density at radius 2 is 1.76 bits per heavy atom. The van der Waals surface area contributed by atoms with E-state index in [4.69, 9.17) is 5.73 Å². The lowest BCUT2D eigenvalue weighted by Gasteiger charge is -2.25. The van der Waals surface area contributed by atoms with Crippen LogP contribution in [0, 0.1) is 5.92 Å². The van der Waals surface area contributed by atoms with Crippen LogP contribution in [0.5, 0.6) is 0 Å². The first-order valence-corrected chi connectivity index (χ1v) is 6.13. The first kappa shape index (κ1) is 15.9. The summed E-state index contributed by atoms with van der Waals surface area (Å²) >= 11 is 0. The Kier molecular flexibility index (Phi) is 6.80. The van der Waals surface area contributed by atoms with E-state index in [-0.39, 0.29) is 30.3 Å². The Morgan fingerprint density at radius 1 is 1.24 bits per heavy atom. The minimum Gasteiger partial charge on any atom is -0.352 e. The van der Waals surface area contributed by atoms with Crippen molar-refractivity contribution in [2.45, 2.75) is 46.7 Å². The summed E-state index contributed by atoms with van der Waals surface area (Å²) in [4.78, 5) is 25.0. The Morgan fingerprint density at radius 3 is 2.12 bits per heavy atom. The van der Waals surface area contributed by atoms with Crippen LogP contribution in [0.2, 0.25) is 0 Å². The van der Waals surface area contributed by atoms with Gasteiger partial charge in [-0.2, -0.15) is 0 Å². The highest BCUT2D eigenvalue weighted by molar-refractivity contribution is 5.87. The summed E-state index contributed by atoms with van der Waals surface area (Å²) in [6, 6.07) is -0.461. The van der Waals surface area contributed by atoms with Gasteiger partial charge in [0.15, 0.2) is 0 Å². The van der Waals surface area contributed by atoms with E-state index in [2.05, 4.69) is 5.32 Å². The normalized spacial score (nSPS) is 12.7. The molecule has 17 heavy (non-hydrogen) atoms. The summed E-state index contributed by atoms with van der Waals surface area (Å²) < 4.78 is 0. The monoisotopic (exact) mass is 243 g/mol. The van der Waals surface area contributed by atoms with E-state index in [1.165, 1.54) is 4.90 Å². The Hall–Kier alpha value is -1.10. The molecular formula is C12H25N3O2. The topological polar surface area (TPSA) is 75.4 Å². The molecule has 0 aliphatic rings. The van der Waals surface area contributed by atoms with Crippen LogP contribution in [-0.4, -0.2) is 41.9 Å². The van der Waals surface area contributed by atoms with Gasteiger partial charge in [-0.3, -0.25) is 9.59 Å².